The molecule has 0 bridgehead atoms. The highest BCUT2D eigenvalue weighted by atomic mass is 16.2. The van der Waals surface area contributed by atoms with Crippen LogP contribution in [0.15, 0.2) is 12.7 Å². The number of likely N-dealkylation sites (tertiary alicyclic amines) is 2. The van der Waals surface area contributed by atoms with E-state index < -0.39 is 0 Å². The van der Waals surface area contributed by atoms with Crippen molar-refractivity contribution < 1.29 is 9.59 Å². The molecule has 0 saturated carbocycles. The first-order valence-electron chi connectivity index (χ1n) is 7.52. The second-order valence-corrected chi connectivity index (χ2v) is 5.69. The molecule has 0 aromatic carbocycles. The second kappa shape index (κ2) is 6.88. The summed E-state index contributed by atoms with van der Waals surface area (Å²) in [6.45, 7) is 8.01. The summed E-state index contributed by atoms with van der Waals surface area (Å²) < 4.78 is 0. The van der Waals surface area contributed by atoms with Gasteiger partial charge < -0.3 is 10.2 Å². The number of amides is 2. The Balaban J connectivity index is 1.94. The molecule has 2 amide bonds. The van der Waals surface area contributed by atoms with Crippen molar-refractivity contribution >= 4 is 11.8 Å². The molecule has 0 unspecified atom stereocenters. The van der Waals surface area contributed by atoms with Crippen LogP contribution in [-0.2, 0) is 9.59 Å². The van der Waals surface area contributed by atoms with Gasteiger partial charge in [0.1, 0.15) is 0 Å². The molecule has 5 heteroatoms. The lowest BCUT2D eigenvalue weighted by atomic mass is 10.0. The van der Waals surface area contributed by atoms with E-state index in [0.717, 1.165) is 38.8 Å². The molecule has 1 N–H and O–H groups in total. The first kappa shape index (κ1) is 15.0. The van der Waals surface area contributed by atoms with Gasteiger partial charge in [0.2, 0.25) is 11.8 Å². The first-order chi connectivity index (χ1) is 9.63. The van der Waals surface area contributed by atoms with Gasteiger partial charge in [-0.05, 0) is 32.2 Å². The summed E-state index contributed by atoms with van der Waals surface area (Å²) in [5.74, 6) is 0.208. The second-order valence-electron chi connectivity index (χ2n) is 5.69. The fraction of sp³-hybridized carbons (Fsp3) is 0.733. The molecule has 0 aliphatic carbocycles. The number of carbonyl (C=O) groups is 2. The molecule has 20 heavy (non-hydrogen) atoms. The van der Waals surface area contributed by atoms with Crippen molar-refractivity contribution in [3.05, 3.63) is 12.7 Å². The minimum Gasteiger partial charge on any atom is -0.352 e. The lowest BCUT2D eigenvalue weighted by Gasteiger charge is -2.34. The zero-order valence-electron chi connectivity index (χ0n) is 12.3. The molecule has 2 fully saturated rings. The predicted molar refractivity (Wildman–Crippen MR) is 78.2 cm³/mol. The zero-order chi connectivity index (χ0) is 14.5. The molecule has 0 spiro atoms. The van der Waals surface area contributed by atoms with Gasteiger partial charge in [-0.15, -0.1) is 6.58 Å². The Labute approximate surface area is 121 Å². The number of nitrogens with zero attached hydrogens (tertiary/aromatic N) is 2. The smallest absolute Gasteiger partial charge is 0.234 e. The highest BCUT2D eigenvalue weighted by Crippen LogP contribution is 2.29. The van der Waals surface area contributed by atoms with Gasteiger partial charge in [-0.3, -0.25) is 14.5 Å². The van der Waals surface area contributed by atoms with Gasteiger partial charge in [0.05, 0.1) is 6.54 Å². The van der Waals surface area contributed by atoms with Crippen LogP contribution < -0.4 is 5.32 Å². The highest BCUT2D eigenvalue weighted by Gasteiger charge is 2.39. The van der Waals surface area contributed by atoms with Crippen LogP contribution in [0.4, 0.5) is 0 Å². The lowest BCUT2D eigenvalue weighted by Crippen LogP contribution is -2.50. The molecule has 0 aromatic rings. The average molecular weight is 279 g/mol. The van der Waals surface area contributed by atoms with Gasteiger partial charge in [-0.25, -0.2) is 0 Å². The maximum atomic E-state index is 11.9. The molecule has 2 heterocycles. The van der Waals surface area contributed by atoms with Crippen molar-refractivity contribution in [2.75, 3.05) is 26.2 Å². The van der Waals surface area contributed by atoms with Crippen molar-refractivity contribution in [1.82, 2.24) is 15.1 Å². The van der Waals surface area contributed by atoms with Crippen LogP contribution in [0.5, 0.6) is 0 Å². The SMILES string of the molecule is C=CCNC(=O)CN1CCC[C@H]1[C@@H]1CCCN1C(C)=O. The summed E-state index contributed by atoms with van der Waals surface area (Å²) in [6.07, 6.45) is 6.03. The molecule has 2 saturated heterocycles. The maximum Gasteiger partial charge on any atom is 0.234 e. The van der Waals surface area contributed by atoms with E-state index >= 15 is 0 Å². The van der Waals surface area contributed by atoms with E-state index in [1.54, 1.807) is 13.0 Å². The molecule has 2 rings (SSSR count). The number of rotatable bonds is 5. The molecule has 2 atom stereocenters. The van der Waals surface area contributed by atoms with Gasteiger partial charge in [-0.2, -0.15) is 0 Å². The van der Waals surface area contributed by atoms with E-state index in [1.165, 1.54) is 0 Å². The molecular weight excluding hydrogens is 254 g/mol. The van der Waals surface area contributed by atoms with E-state index in [2.05, 4.69) is 16.8 Å². The van der Waals surface area contributed by atoms with Gasteiger partial charge in [0, 0.05) is 32.1 Å². The minimum atomic E-state index is 0.0455. The van der Waals surface area contributed by atoms with Gasteiger partial charge in [-0.1, -0.05) is 6.08 Å². The fourth-order valence-corrected chi connectivity index (χ4v) is 3.49. The largest absolute Gasteiger partial charge is 0.352 e. The Morgan fingerprint density at radius 3 is 2.65 bits per heavy atom. The Morgan fingerprint density at radius 1 is 1.25 bits per heavy atom. The van der Waals surface area contributed by atoms with Gasteiger partial charge in [0.25, 0.3) is 0 Å². The summed E-state index contributed by atoms with van der Waals surface area (Å²) in [4.78, 5) is 27.8. The molecule has 0 radical (unpaired) electrons. The molecule has 112 valence electrons. The van der Waals surface area contributed by atoms with E-state index in [9.17, 15) is 9.59 Å². The third-order valence-electron chi connectivity index (χ3n) is 4.35. The minimum absolute atomic E-state index is 0.0455. The van der Waals surface area contributed by atoms with Crippen LogP contribution in [0.1, 0.15) is 32.6 Å². The van der Waals surface area contributed by atoms with Crippen molar-refractivity contribution in [3.63, 3.8) is 0 Å². The lowest BCUT2D eigenvalue weighted by molar-refractivity contribution is -0.130. The molecule has 2 aliphatic heterocycles. The summed E-state index contributed by atoms with van der Waals surface area (Å²) in [5.41, 5.74) is 0. The van der Waals surface area contributed by atoms with Crippen LogP contribution in [0.3, 0.4) is 0 Å². The standard InChI is InChI=1S/C15H25N3O2/c1-3-8-16-15(20)11-17-9-4-6-13(17)14-7-5-10-18(14)12(2)19/h3,13-14H,1,4-11H2,2H3,(H,16,20)/t13-,14-/m0/s1. The Bertz CT molecular complexity index is 383. The summed E-state index contributed by atoms with van der Waals surface area (Å²) >= 11 is 0. The van der Waals surface area contributed by atoms with Crippen molar-refractivity contribution in [1.29, 1.82) is 0 Å². The summed E-state index contributed by atoms with van der Waals surface area (Å²) in [6, 6.07) is 0.637. The predicted octanol–water partition coefficient (Wildman–Crippen LogP) is 0.764. The molecule has 0 aromatic heterocycles. The van der Waals surface area contributed by atoms with Crippen LogP contribution in [0.2, 0.25) is 0 Å². The third kappa shape index (κ3) is 3.39. The Hall–Kier alpha value is -1.36. The van der Waals surface area contributed by atoms with Crippen LogP contribution >= 0.6 is 0 Å². The third-order valence-corrected chi connectivity index (χ3v) is 4.35. The molecular formula is C15H25N3O2. The Morgan fingerprint density at radius 2 is 1.95 bits per heavy atom. The topological polar surface area (TPSA) is 52.7 Å². The molecule has 2 aliphatic rings. The van der Waals surface area contributed by atoms with Crippen molar-refractivity contribution in [2.45, 2.75) is 44.7 Å². The van der Waals surface area contributed by atoms with E-state index in [0.29, 0.717) is 25.2 Å². The number of carbonyl (C=O) groups excluding carboxylic acids is 2. The quantitative estimate of drug-likeness (QED) is 0.756. The number of nitrogens with one attached hydrogen (secondary N) is 1. The average Bonchev–Trinajstić information content (AvgIpc) is 3.03. The van der Waals surface area contributed by atoms with Crippen LogP contribution in [0, 0.1) is 0 Å². The maximum absolute atomic E-state index is 11.9. The van der Waals surface area contributed by atoms with E-state index in [-0.39, 0.29) is 11.8 Å². The van der Waals surface area contributed by atoms with Crippen LogP contribution in [-0.4, -0.2) is 59.9 Å². The summed E-state index contributed by atoms with van der Waals surface area (Å²) in [5, 5.41) is 2.83. The molecule has 5 nitrogen and oxygen atoms in total. The fourth-order valence-electron chi connectivity index (χ4n) is 3.49. The van der Waals surface area contributed by atoms with Gasteiger partial charge in [0.15, 0.2) is 0 Å². The first-order valence-corrected chi connectivity index (χ1v) is 7.52. The van der Waals surface area contributed by atoms with E-state index in [1.807, 2.05) is 4.90 Å². The van der Waals surface area contributed by atoms with Crippen molar-refractivity contribution in [3.8, 4) is 0 Å². The highest BCUT2D eigenvalue weighted by molar-refractivity contribution is 5.78. The monoisotopic (exact) mass is 279 g/mol. The Kier molecular flexibility index (Phi) is 5.17. The van der Waals surface area contributed by atoms with Crippen molar-refractivity contribution in [2.24, 2.45) is 0 Å². The summed E-state index contributed by atoms with van der Waals surface area (Å²) in [7, 11) is 0. The number of hydrogen-bond donors (Lipinski definition) is 1. The van der Waals surface area contributed by atoms with Crippen LogP contribution in [0.25, 0.3) is 0 Å². The number of hydrogen-bond acceptors (Lipinski definition) is 3. The van der Waals surface area contributed by atoms with Gasteiger partial charge >= 0.3 is 0 Å². The zero-order valence-corrected chi connectivity index (χ0v) is 12.3. The normalized spacial score (nSPS) is 26.8. The van der Waals surface area contributed by atoms with E-state index in [4.69, 9.17) is 0 Å².